The van der Waals surface area contributed by atoms with Gasteiger partial charge in [0, 0.05) is 12.0 Å². The zero-order chi connectivity index (χ0) is 17.3. The number of Topliss-reactive ketones (excluding diaryl/α,β-unsaturated/α-hetero) is 1. The van der Waals surface area contributed by atoms with Gasteiger partial charge in [-0.15, -0.1) is 0 Å². The van der Waals surface area contributed by atoms with E-state index in [1.165, 1.54) is 17.9 Å². The predicted molar refractivity (Wildman–Crippen MR) is 84.9 cm³/mol. The van der Waals surface area contributed by atoms with E-state index in [-0.39, 0.29) is 11.7 Å². The number of ether oxygens (including phenoxy) is 1. The van der Waals surface area contributed by atoms with Crippen molar-refractivity contribution in [3.8, 4) is 5.75 Å². The molecule has 2 atom stereocenters. The molecule has 0 spiro atoms. The van der Waals surface area contributed by atoms with E-state index in [1.807, 2.05) is 13.8 Å². The fourth-order valence-electron chi connectivity index (χ4n) is 2.56. The number of carbonyl (C=O) groups is 3. The molecule has 1 aliphatic rings. The molecule has 0 fully saturated rings. The number of anilines is 1. The van der Waals surface area contributed by atoms with E-state index in [9.17, 15) is 19.5 Å². The van der Waals surface area contributed by atoms with Crippen molar-refractivity contribution >= 4 is 23.3 Å². The molecule has 2 unspecified atom stereocenters. The van der Waals surface area contributed by atoms with Crippen LogP contribution in [0.5, 0.6) is 5.75 Å². The van der Waals surface area contributed by atoms with E-state index in [0.29, 0.717) is 23.4 Å². The molecule has 6 nitrogen and oxygen atoms in total. The Bertz CT molecular complexity index is 652. The third-order valence-electron chi connectivity index (χ3n) is 3.95. The Labute approximate surface area is 135 Å². The molecule has 23 heavy (non-hydrogen) atoms. The summed E-state index contributed by atoms with van der Waals surface area (Å²) < 4.78 is 5.74. The Hall–Kier alpha value is -2.37. The quantitative estimate of drug-likeness (QED) is 0.843. The summed E-state index contributed by atoms with van der Waals surface area (Å²) in [7, 11) is 0. The van der Waals surface area contributed by atoms with Gasteiger partial charge in [-0.25, -0.2) is 4.79 Å². The van der Waals surface area contributed by atoms with Gasteiger partial charge >= 0.3 is 5.97 Å². The van der Waals surface area contributed by atoms with Gasteiger partial charge in [0.25, 0.3) is 5.91 Å². The third kappa shape index (κ3) is 3.06. The number of ketones is 1. The van der Waals surface area contributed by atoms with Gasteiger partial charge in [0.1, 0.15) is 11.8 Å². The third-order valence-corrected chi connectivity index (χ3v) is 3.95. The van der Waals surface area contributed by atoms with Crippen LogP contribution in [-0.4, -0.2) is 34.9 Å². The fraction of sp³-hybridized carbons (Fsp3) is 0.471. The van der Waals surface area contributed by atoms with Gasteiger partial charge in [-0.2, -0.15) is 0 Å². The minimum absolute atomic E-state index is 0.0749. The number of benzene rings is 1. The van der Waals surface area contributed by atoms with Crippen molar-refractivity contribution in [1.82, 2.24) is 0 Å². The van der Waals surface area contributed by atoms with Gasteiger partial charge < -0.3 is 9.84 Å². The maximum absolute atomic E-state index is 12.7. The summed E-state index contributed by atoms with van der Waals surface area (Å²) in [4.78, 5) is 37.2. The molecule has 1 aromatic carbocycles. The second-order valence-electron chi connectivity index (χ2n) is 5.96. The van der Waals surface area contributed by atoms with Crippen molar-refractivity contribution in [2.75, 3.05) is 4.90 Å². The first-order chi connectivity index (χ1) is 10.8. The molecule has 6 heteroatoms. The van der Waals surface area contributed by atoms with Crippen molar-refractivity contribution in [2.45, 2.75) is 46.3 Å². The Kier molecular flexibility index (Phi) is 4.73. The molecule has 0 radical (unpaired) electrons. The smallest absolute Gasteiger partial charge is 0.326 e. The number of amides is 1. The van der Waals surface area contributed by atoms with E-state index >= 15 is 0 Å². The number of aliphatic carboxylic acids is 1. The van der Waals surface area contributed by atoms with E-state index in [0.717, 1.165) is 0 Å². The number of hydrogen-bond acceptors (Lipinski definition) is 4. The van der Waals surface area contributed by atoms with Crippen LogP contribution >= 0.6 is 0 Å². The molecule has 124 valence electrons. The summed E-state index contributed by atoms with van der Waals surface area (Å²) in [5.74, 6) is -1.27. The molecule has 0 aromatic heterocycles. The van der Waals surface area contributed by atoms with Crippen molar-refractivity contribution in [2.24, 2.45) is 5.92 Å². The highest BCUT2D eigenvalue weighted by molar-refractivity contribution is 6.06. The van der Waals surface area contributed by atoms with Crippen LogP contribution in [0.4, 0.5) is 5.69 Å². The number of carbonyl (C=O) groups excluding carboxylic acids is 2. The lowest BCUT2D eigenvalue weighted by Gasteiger charge is -2.38. The van der Waals surface area contributed by atoms with Crippen LogP contribution in [0.1, 0.15) is 44.5 Å². The number of rotatable bonds is 5. The molecule has 0 saturated heterocycles. The Morgan fingerprint density at radius 1 is 1.30 bits per heavy atom. The molecular weight excluding hydrogens is 298 g/mol. The maximum Gasteiger partial charge on any atom is 0.326 e. The Morgan fingerprint density at radius 2 is 1.96 bits per heavy atom. The average Bonchev–Trinajstić information content (AvgIpc) is 2.52. The van der Waals surface area contributed by atoms with E-state index in [1.54, 1.807) is 19.1 Å². The van der Waals surface area contributed by atoms with Crippen molar-refractivity contribution < 1.29 is 24.2 Å². The van der Waals surface area contributed by atoms with Crippen molar-refractivity contribution in [3.05, 3.63) is 23.8 Å². The van der Waals surface area contributed by atoms with Gasteiger partial charge in [-0.05, 0) is 31.0 Å². The summed E-state index contributed by atoms with van der Waals surface area (Å²) in [5.41, 5.74) is 0.773. The lowest BCUT2D eigenvalue weighted by molar-refractivity contribution is -0.141. The molecule has 2 rings (SSSR count). The fourth-order valence-corrected chi connectivity index (χ4v) is 2.56. The molecule has 1 amide bonds. The standard InChI is InChI=1S/C17H21NO5/c1-5-13(19)11-6-7-14-12(8-11)18(10(4)17(21)22)16(20)15(23-14)9(2)3/h6-10,15H,5H2,1-4H3,(H,21,22). The lowest BCUT2D eigenvalue weighted by Crippen LogP contribution is -2.54. The Balaban J connectivity index is 2.57. The first-order valence-corrected chi connectivity index (χ1v) is 7.67. The van der Waals surface area contributed by atoms with E-state index in [2.05, 4.69) is 0 Å². The molecular formula is C17H21NO5. The normalized spacial score (nSPS) is 18.4. The number of carboxylic acids is 1. The second-order valence-corrected chi connectivity index (χ2v) is 5.96. The van der Waals surface area contributed by atoms with Crippen LogP contribution in [0.2, 0.25) is 0 Å². The van der Waals surface area contributed by atoms with Crippen LogP contribution in [0.3, 0.4) is 0 Å². The highest BCUT2D eigenvalue weighted by Gasteiger charge is 2.40. The number of carboxylic acid groups (broad SMARTS) is 1. The minimum atomic E-state index is -1.11. The SMILES string of the molecule is CCC(=O)c1ccc2c(c1)N(C(C)C(=O)O)C(=O)C(C(C)C)O2. The zero-order valence-corrected chi connectivity index (χ0v) is 13.7. The summed E-state index contributed by atoms with van der Waals surface area (Å²) in [6, 6.07) is 3.76. The molecule has 0 bridgehead atoms. The Morgan fingerprint density at radius 3 is 2.48 bits per heavy atom. The van der Waals surface area contributed by atoms with Crippen LogP contribution in [-0.2, 0) is 9.59 Å². The monoisotopic (exact) mass is 319 g/mol. The molecule has 1 N–H and O–H groups in total. The lowest BCUT2D eigenvalue weighted by atomic mass is 10.00. The van der Waals surface area contributed by atoms with Crippen LogP contribution in [0.25, 0.3) is 0 Å². The van der Waals surface area contributed by atoms with Gasteiger partial charge in [0.15, 0.2) is 11.9 Å². The van der Waals surface area contributed by atoms with E-state index in [4.69, 9.17) is 4.74 Å². The topological polar surface area (TPSA) is 83.9 Å². The highest BCUT2D eigenvalue weighted by atomic mass is 16.5. The van der Waals surface area contributed by atoms with Crippen LogP contribution in [0.15, 0.2) is 18.2 Å². The molecule has 0 aliphatic carbocycles. The summed E-state index contributed by atoms with van der Waals surface area (Å²) in [6.07, 6.45) is -0.409. The number of nitrogens with zero attached hydrogens (tertiary/aromatic N) is 1. The van der Waals surface area contributed by atoms with Crippen LogP contribution in [0, 0.1) is 5.92 Å². The van der Waals surface area contributed by atoms with Gasteiger partial charge in [-0.3, -0.25) is 14.5 Å². The molecule has 1 heterocycles. The number of hydrogen-bond donors (Lipinski definition) is 1. The van der Waals surface area contributed by atoms with Crippen LogP contribution < -0.4 is 9.64 Å². The molecule has 1 aromatic rings. The average molecular weight is 319 g/mol. The molecule has 1 aliphatic heterocycles. The van der Waals surface area contributed by atoms with Crippen molar-refractivity contribution in [1.29, 1.82) is 0 Å². The first kappa shape index (κ1) is 17.0. The zero-order valence-electron chi connectivity index (χ0n) is 13.7. The number of fused-ring (bicyclic) bond motifs is 1. The highest BCUT2D eigenvalue weighted by Crippen LogP contribution is 2.38. The van der Waals surface area contributed by atoms with Crippen molar-refractivity contribution in [3.63, 3.8) is 0 Å². The predicted octanol–water partition coefficient (Wildman–Crippen LogP) is 2.50. The van der Waals surface area contributed by atoms with Gasteiger partial charge in [0.2, 0.25) is 0 Å². The first-order valence-electron chi connectivity index (χ1n) is 7.67. The molecule has 0 saturated carbocycles. The maximum atomic E-state index is 12.7. The van der Waals surface area contributed by atoms with Gasteiger partial charge in [0.05, 0.1) is 5.69 Å². The largest absolute Gasteiger partial charge is 0.480 e. The summed E-state index contributed by atoms with van der Waals surface area (Å²) in [5, 5.41) is 9.33. The summed E-state index contributed by atoms with van der Waals surface area (Å²) in [6.45, 7) is 6.87. The van der Waals surface area contributed by atoms with Gasteiger partial charge in [-0.1, -0.05) is 20.8 Å². The second kappa shape index (κ2) is 6.40. The van der Waals surface area contributed by atoms with E-state index < -0.39 is 24.0 Å². The summed E-state index contributed by atoms with van der Waals surface area (Å²) >= 11 is 0. The minimum Gasteiger partial charge on any atom is -0.480 e.